The lowest BCUT2D eigenvalue weighted by Gasteiger charge is -2.43. The molecule has 1 aromatic carbocycles. The second-order valence-electron chi connectivity index (χ2n) is 6.84. The maximum atomic E-state index is 12.7. The highest BCUT2D eigenvalue weighted by atomic mass is 16.6. The van der Waals surface area contributed by atoms with Crippen molar-refractivity contribution in [3.63, 3.8) is 0 Å². The zero-order valence-corrected chi connectivity index (χ0v) is 15.9. The number of nitro groups is 1. The van der Waals surface area contributed by atoms with Crippen molar-refractivity contribution in [2.24, 2.45) is 11.8 Å². The van der Waals surface area contributed by atoms with Gasteiger partial charge in [0, 0.05) is 24.5 Å². The Morgan fingerprint density at radius 2 is 1.86 bits per heavy atom. The molecule has 0 aliphatic heterocycles. The first-order valence-electron chi connectivity index (χ1n) is 8.96. The van der Waals surface area contributed by atoms with Crippen molar-refractivity contribution in [2.75, 3.05) is 13.2 Å². The number of carbonyl (C=O) groups is 3. The van der Waals surface area contributed by atoms with Gasteiger partial charge in [0.1, 0.15) is 5.92 Å². The SMILES string of the molecule is CCOC(=O)[C@H]1C(=O)C[C@@](C)(O)[C@@H](C(=O)OCC)[C@@H]1c1cccc([N+](=O)[O-])c1. The molecule has 0 heterocycles. The average molecular weight is 393 g/mol. The maximum Gasteiger partial charge on any atom is 0.317 e. The Morgan fingerprint density at radius 1 is 1.25 bits per heavy atom. The molecule has 9 nitrogen and oxygen atoms in total. The molecule has 9 heteroatoms. The van der Waals surface area contributed by atoms with E-state index in [1.54, 1.807) is 13.8 Å². The van der Waals surface area contributed by atoms with Crippen LogP contribution in [0.1, 0.15) is 38.7 Å². The predicted octanol–water partition coefficient (Wildman–Crippen LogP) is 1.76. The van der Waals surface area contributed by atoms with Gasteiger partial charge in [-0.1, -0.05) is 12.1 Å². The molecule has 1 saturated carbocycles. The van der Waals surface area contributed by atoms with Crippen molar-refractivity contribution < 1.29 is 33.9 Å². The largest absolute Gasteiger partial charge is 0.466 e. The molecule has 1 aliphatic carbocycles. The van der Waals surface area contributed by atoms with E-state index >= 15 is 0 Å². The molecule has 1 fully saturated rings. The van der Waals surface area contributed by atoms with Gasteiger partial charge in [0.05, 0.1) is 29.7 Å². The molecule has 1 aliphatic rings. The molecule has 0 amide bonds. The number of hydrogen-bond donors (Lipinski definition) is 1. The third kappa shape index (κ3) is 4.19. The Morgan fingerprint density at radius 3 is 2.43 bits per heavy atom. The lowest BCUT2D eigenvalue weighted by molar-refractivity contribution is -0.385. The molecular weight excluding hydrogens is 370 g/mol. The molecule has 152 valence electrons. The molecule has 0 bridgehead atoms. The van der Waals surface area contributed by atoms with Crippen molar-refractivity contribution in [3.05, 3.63) is 39.9 Å². The summed E-state index contributed by atoms with van der Waals surface area (Å²) in [5.41, 5.74) is -1.85. The van der Waals surface area contributed by atoms with Crippen LogP contribution < -0.4 is 0 Å². The molecule has 0 saturated heterocycles. The minimum Gasteiger partial charge on any atom is -0.466 e. The number of aliphatic hydroxyl groups is 1. The van der Waals surface area contributed by atoms with Crippen LogP contribution >= 0.6 is 0 Å². The first-order chi connectivity index (χ1) is 13.1. The minimum absolute atomic E-state index is 0.0186. The summed E-state index contributed by atoms with van der Waals surface area (Å²) >= 11 is 0. The zero-order chi connectivity index (χ0) is 21.1. The molecule has 0 spiro atoms. The number of benzene rings is 1. The van der Waals surface area contributed by atoms with Crippen molar-refractivity contribution in [2.45, 2.75) is 38.7 Å². The van der Waals surface area contributed by atoms with Crippen LogP contribution in [0.3, 0.4) is 0 Å². The van der Waals surface area contributed by atoms with Crippen molar-refractivity contribution in [1.29, 1.82) is 0 Å². The topological polar surface area (TPSA) is 133 Å². The van der Waals surface area contributed by atoms with Crippen LogP contribution in [0.4, 0.5) is 5.69 Å². The van der Waals surface area contributed by atoms with Crippen molar-refractivity contribution in [3.8, 4) is 0 Å². The first-order valence-corrected chi connectivity index (χ1v) is 8.96. The number of Topliss-reactive ketones (excluding diaryl/α,β-unsaturated/α-hetero) is 1. The smallest absolute Gasteiger partial charge is 0.317 e. The fourth-order valence-electron chi connectivity index (χ4n) is 3.73. The van der Waals surface area contributed by atoms with Gasteiger partial charge in [-0.05, 0) is 26.3 Å². The molecular formula is C19H23NO8. The van der Waals surface area contributed by atoms with Crippen LogP contribution in [0.25, 0.3) is 0 Å². The summed E-state index contributed by atoms with van der Waals surface area (Å²) in [6.45, 7) is 4.53. The number of esters is 2. The third-order valence-electron chi connectivity index (χ3n) is 4.81. The van der Waals surface area contributed by atoms with Crippen LogP contribution in [0.2, 0.25) is 0 Å². The third-order valence-corrected chi connectivity index (χ3v) is 4.81. The highest BCUT2D eigenvalue weighted by Crippen LogP contribution is 2.47. The average Bonchev–Trinajstić information content (AvgIpc) is 2.60. The van der Waals surface area contributed by atoms with E-state index < -0.39 is 52.4 Å². The molecule has 1 aromatic rings. The molecule has 28 heavy (non-hydrogen) atoms. The second kappa shape index (κ2) is 8.47. The lowest BCUT2D eigenvalue weighted by atomic mass is 9.61. The maximum absolute atomic E-state index is 12.7. The quantitative estimate of drug-likeness (QED) is 0.334. The second-order valence-corrected chi connectivity index (χ2v) is 6.84. The fraction of sp³-hybridized carbons (Fsp3) is 0.526. The fourth-order valence-corrected chi connectivity index (χ4v) is 3.73. The van der Waals surface area contributed by atoms with E-state index in [1.807, 2.05) is 0 Å². The van der Waals surface area contributed by atoms with Gasteiger partial charge in [0.15, 0.2) is 5.78 Å². The summed E-state index contributed by atoms with van der Waals surface area (Å²) in [6, 6.07) is 5.32. The summed E-state index contributed by atoms with van der Waals surface area (Å²) in [6.07, 6.45) is -0.439. The number of non-ortho nitro benzene ring substituents is 1. The van der Waals surface area contributed by atoms with Gasteiger partial charge < -0.3 is 14.6 Å². The summed E-state index contributed by atoms with van der Waals surface area (Å²) in [4.78, 5) is 48.5. The van der Waals surface area contributed by atoms with Gasteiger partial charge in [-0.15, -0.1) is 0 Å². The highest BCUT2D eigenvalue weighted by Gasteiger charge is 2.57. The van der Waals surface area contributed by atoms with E-state index in [4.69, 9.17) is 9.47 Å². The van der Waals surface area contributed by atoms with E-state index in [1.165, 1.54) is 31.2 Å². The Balaban J connectivity index is 2.67. The van der Waals surface area contributed by atoms with Crippen molar-refractivity contribution in [1.82, 2.24) is 0 Å². The number of hydrogen-bond acceptors (Lipinski definition) is 8. The zero-order valence-electron chi connectivity index (χ0n) is 15.9. The Bertz CT molecular complexity index is 788. The molecule has 1 N–H and O–H groups in total. The minimum atomic E-state index is -1.79. The summed E-state index contributed by atoms with van der Waals surface area (Å²) in [5, 5.41) is 22.0. The standard InChI is InChI=1S/C19H23NO8/c1-4-27-17(22)15-13(21)10-19(3,24)16(18(23)28-5-2)14(15)11-7-6-8-12(9-11)20(25)26/h6-9,14-16,24H,4-5,10H2,1-3H3/t14-,15+,16-,19-/m1/s1. The number of carbonyl (C=O) groups excluding carboxylic acids is 3. The monoisotopic (exact) mass is 393 g/mol. The lowest BCUT2D eigenvalue weighted by Crippen LogP contribution is -2.55. The molecule has 0 radical (unpaired) electrons. The summed E-state index contributed by atoms with van der Waals surface area (Å²) in [7, 11) is 0. The van der Waals surface area contributed by atoms with E-state index in [0.717, 1.165) is 0 Å². The number of ether oxygens (including phenoxy) is 2. The summed E-state index contributed by atoms with van der Waals surface area (Å²) in [5.74, 6) is -6.03. The number of ketones is 1. The van der Waals surface area contributed by atoms with E-state index in [0.29, 0.717) is 0 Å². The molecule has 0 aromatic heterocycles. The van der Waals surface area contributed by atoms with Crippen molar-refractivity contribution >= 4 is 23.4 Å². The van der Waals surface area contributed by atoms with Gasteiger partial charge in [0.25, 0.3) is 5.69 Å². The van der Waals surface area contributed by atoms with Crippen LogP contribution in [0.15, 0.2) is 24.3 Å². The Kier molecular flexibility index (Phi) is 6.50. The Labute approximate surface area is 161 Å². The van der Waals surface area contributed by atoms with Crippen LogP contribution in [-0.2, 0) is 23.9 Å². The van der Waals surface area contributed by atoms with E-state index in [-0.39, 0.29) is 24.5 Å². The highest BCUT2D eigenvalue weighted by molar-refractivity contribution is 6.02. The van der Waals surface area contributed by atoms with Crippen LogP contribution in [0, 0.1) is 22.0 Å². The van der Waals surface area contributed by atoms with Gasteiger partial charge in [-0.3, -0.25) is 24.5 Å². The van der Waals surface area contributed by atoms with Gasteiger partial charge in [0.2, 0.25) is 0 Å². The van der Waals surface area contributed by atoms with Gasteiger partial charge >= 0.3 is 11.9 Å². The predicted molar refractivity (Wildman–Crippen MR) is 96.3 cm³/mol. The van der Waals surface area contributed by atoms with Gasteiger partial charge in [-0.2, -0.15) is 0 Å². The summed E-state index contributed by atoms with van der Waals surface area (Å²) < 4.78 is 10.1. The Hall–Kier alpha value is -2.81. The van der Waals surface area contributed by atoms with Crippen LogP contribution in [-0.4, -0.2) is 46.6 Å². The normalized spacial score (nSPS) is 27.1. The number of nitro benzene ring substituents is 1. The van der Waals surface area contributed by atoms with E-state index in [2.05, 4.69) is 0 Å². The molecule has 2 rings (SSSR count). The van der Waals surface area contributed by atoms with E-state index in [9.17, 15) is 29.6 Å². The molecule has 0 unspecified atom stereocenters. The number of nitrogens with zero attached hydrogens (tertiary/aromatic N) is 1. The molecule has 4 atom stereocenters. The van der Waals surface area contributed by atoms with Crippen LogP contribution in [0.5, 0.6) is 0 Å². The number of rotatable bonds is 6. The first kappa shape index (κ1) is 21.5. The van der Waals surface area contributed by atoms with Gasteiger partial charge in [-0.25, -0.2) is 0 Å².